The highest BCUT2D eigenvalue weighted by molar-refractivity contribution is 6.00. The van der Waals surface area contributed by atoms with Gasteiger partial charge < -0.3 is 9.32 Å². The lowest BCUT2D eigenvalue weighted by Crippen LogP contribution is -2.30. The van der Waals surface area contributed by atoms with Gasteiger partial charge in [-0.15, -0.1) is 0 Å². The van der Waals surface area contributed by atoms with Crippen LogP contribution in [0.25, 0.3) is 95.7 Å². The van der Waals surface area contributed by atoms with Crippen molar-refractivity contribution in [2.75, 3.05) is 4.90 Å². The van der Waals surface area contributed by atoms with E-state index in [1.807, 2.05) is 18.2 Å². The molecule has 320 valence electrons. The van der Waals surface area contributed by atoms with Crippen molar-refractivity contribution in [3.05, 3.63) is 253 Å². The Morgan fingerprint density at radius 2 is 0.838 bits per heavy atom. The summed E-state index contributed by atoms with van der Waals surface area (Å²) in [6.45, 7) is 0. The van der Waals surface area contributed by atoms with Crippen LogP contribution < -0.4 is 4.90 Å². The average molecular weight is 871 g/mol. The molecule has 0 spiro atoms. The number of furan rings is 1. The summed E-state index contributed by atoms with van der Waals surface area (Å²) in [6.07, 6.45) is 4.48. The number of anilines is 2. The molecule has 0 bridgehead atoms. The van der Waals surface area contributed by atoms with Crippen LogP contribution in [0.5, 0.6) is 0 Å². The Bertz CT molecular complexity index is 3560. The predicted molar refractivity (Wildman–Crippen MR) is 277 cm³/mol. The highest BCUT2D eigenvalue weighted by Gasteiger charge is 2.44. The van der Waals surface area contributed by atoms with E-state index in [0.717, 1.165) is 66.9 Å². The lowest BCUT2D eigenvalue weighted by molar-refractivity contribution is 0.584. The smallest absolute Gasteiger partial charge is 0.164 e. The van der Waals surface area contributed by atoms with E-state index in [-0.39, 0.29) is 12.0 Å². The highest BCUT2D eigenvalue weighted by atomic mass is 16.3. The molecule has 2 aromatic heterocycles. The van der Waals surface area contributed by atoms with Crippen molar-refractivity contribution < 1.29 is 4.42 Å². The fraction of sp³-hybridized carbons (Fsp3) is 0.0317. The summed E-state index contributed by atoms with van der Waals surface area (Å²) in [5, 5.41) is 1.02. The monoisotopic (exact) mass is 870 g/mol. The third-order valence-corrected chi connectivity index (χ3v) is 13.5. The SMILES string of the molecule is C1=CC2C(c3ccccc3N2c2cccc(-c3ccc(-c4ccccc4)cc3)c2)c2c1oc1cccc(-c3nc(-c4ccc(-c5ccccc5)cc4)nc(-c4ccc(-c5ccccc5)cc4)n3)c21. The fourth-order valence-electron chi connectivity index (χ4n) is 10.3. The molecule has 11 aromatic rings. The topological polar surface area (TPSA) is 55.1 Å². The summed E-state index contributed by atoms with van der Waals surface area (Å²) >= 11 is 0. The van der Waals surface area contributed by atoms with Crippen molar-refractivity contribution in [1.29, 1.82) is 0 Å². The second kappa shape index (κ2) is 16.5. The molecule has 3 heterocycles. The molecule has 0 saturated carbocycles. The summed E-state index contributed by atoms with van der Waals surface area (Å²) in [6, 6.07) is 81.3. The number of benzene rings is 9. The molecule has 5 heteroatoms. The fourth-order valence-corrected chi connectivity index (χ4v) is 10.3. The Labute approximate surface area is 395 Å². The number of aromatic nitrogens is 3. The Morgan fingerprint density at radius 1 is 0.382 bits per heavy atom. The second-order valence-corrected chi connectivity index (χ2v) is 17.5. The van der Waals surface area contributed by atoms with Gasteiger partial charge in [0.1, 0.15) is 11.3 Å². The zero-order valence-corrected chi connectivity index (χ0v) is 36.9. The van der Waals surface area contributed by atoms with Gasteiger partial charge >= 0.3 is 0 Å². The van der Waals surface area contributed by atoms with Crippen LogP contribution in [0.4, 0.5) is 11.4 Å². The van der Waals surface area contributed by atoms with E-state index in [1.54, 1.807) is 0 Å². The first-order chi connectivity index (χ1) is 33.7. The van der Waals surface area contributed by atoms with Crippen LogP contribution in [0.3, 0.4) is 0 Å². The van der Waals surface area contributed by atoms with Crippen LogP contribution in [0.15, 0.2) is 241 Å². The average Bonchev–Trinajstić information content (AvgIpc) is 3.98. The van der Waals surface area contributed by atoms with E-state index < -0.39 is 0 Å². The van der Waals surface area contributed by atoms with Gasteiger partial charge in [-0.2, -0.15) is 0 Å². The molecule has 0 fully saturated rings. The molecule has 0 N–H and O–H groups in total. The lowest BCUT2D eigenvalue weighted by Gasteiger charge is -2.30. The predicted octanol–water partition coefficient (Wildman–Crippen LogP) is 16.0. The third-order valence-electron chi connectivity index (χ3n) is 13.5. The molecule has 1 aliphatic heterocycles. The summed E-state index contributed by atoms with van der Waals surface area (Å²) in [4.78, 5) is 18.3. The molecule has 0 saturated heterocycles. The highest BCUT2D eigenvalue weighted by Crippen LogP contribution is 2.55. The first-order valence-corrected chi connectivity index (χ1v) is 23.2. The van der Waals surface area contributed by atoms with Crippen LogP contribution in [0, 0.1) is 0 Å². The Kier molecular flexibility index (Phi) is 9.57. The first kappa shape index (κ1) is 39.4. The van der Waals surface area contributed by atoms with Crippen LogP contribution in [0.2, 0.25) is 0 Å². The van der Waals surface area contributed by atoms with Gasteiger partial charge in [-0.3, -0.25) is 0 Å². The van der Waals surface area contributed by atoms with E-state index in [9.17, 15) is 0 Å². The number of hydrogen-bond acceptors (Lipinski definition) is 5. The normalized spacial score (nSPS) is 14.7. The van der Waals surface area contributed by atoms with Gasteiger partial charge in [-0.25, -0.2) is 15.0 Å². The maximum Gasteiger partial charge on any atom is 0.164 e. The molecule has 2 aliphatic rings. The molecular formula is C63H42N4O. The van der Waals surface area contributed by atoms with Crippen LogP contribution >= 0.6 is 0 Å². The summed E-state index contributed by atoms with van der Waals surface area (Å²) in [7, 11) is 0. The van der Waals surface area contributed by atoms with Crippen molar-refractivity contribution >= 4 is 28.4 Å². The molecule has 0 radical (unpaired) electrons. The molecule has 9 aromatic carbocycles. The summed E-state index contributed by atoms with van der Waals surface area (Å²) in [5.74, 6) is 2.66. The van der Waals surface area contributed by atoms with E-state index in [2.05, 4.69) is 229 Å². The minimum Gasteiger partial charge on any atom is -0.456 e. The molecular weight excluding hydrogens is 829 g/mol. The zero-order valence-electron chi connectivity index (χ0n) is 36.9. The Hall–Kier alpha value is -8.93. The van der Waals surface area contributed by atoms with E-state index >= 15 is 0 Å². The zero-order chi connectivity index (χ0) is 45.0. The van der Waals surface area contributed by atoms with Gasteiger partial charge in [-0.05, 0) is 80.4 Å². The van der Waals surface area contributed by atoms with Crippen LogP contribution in [0.1, 0.15) is 22.8 Å². The quantitative estimate of drug-likeness (QED) is 0.152. The maximum absolute atomic E-state index is 6.80. The molecule has 2 unspecified atom stereocenters. The number of para-hydroxylation sites is 1. The van der Waals surface area contributed by atoms with Gasteiger partial charge in [0.15, 0.2) is 17.5 Å². The van der Waals surface area contributed by atoms with Crippen LogP contribution in [-0.2, 0) is 0 Å². The van der Waals surface area contributed by atoms with Crippen molar-refractivity contribution in [2.24, 2.45) is 0 Å². The van der Waals surface area contributed by atoms with Gasteiger partial charge in [0.05, 0.1) is 6.04 Å². The summed E-state index contributed by atoms with van der Waals surface area (Å²) in [5.41, 5.74) is 17.6. The minimum atomic E-state index is -0.0146. The molecule has 2 atom stereocenters. The lowest BCUT2D eigenvalue weighted by atomic mass is 9.81. The maximum atomic E-state index is 6.80. The van der Waals surface area contributed by atoms with Crippen LogP contribution in [-0.4, -0.2) is 21.0 Å². The van der Waals surface area contributed by atoms with E-state index in [4.69, 9.17) is 19.4 Å². The van der Waals surface area contributed by atoms with Crippen molar-refractivity contribution in [3.63, 3.8) is 0 Å². The van der Waals surface area contributed by atoms with Gasteiger partial charge in [0, 0.05) is 44.9 Å². The minimum absolute atomic E-state index is 0.000186. The Morgan fingerprint density at radius 3 is 1.41 bits per heavy atom. The van der Waals surface area contributed by atoms with Crippen molar-refractivity contribution in [1.82, 2.24) is 15.0 Å². The van der Waals surface area contributed by atoms with E-state index in [1.165, 1.54) is 33.5 Å². The number of fused-ring (bicyclic) bond motifs is 7. The van der Waals surface area contributed by atoms with Gasteiger partial charge in [-0.1, -0.05) is 212 Å². The Balaban J connectivity index is 0.921. The summed E-state index contributed by atoms with van der Waals surface area (Å²) < 4.78 is 6.80. The number of rotatable bonds is 8. The van der Waals surface area contributed by atoms with Gasteiger partial charge in [0.25, 0.3) is 0 Å². The first-order valence-electron chi connectivity index (χ1n) is 23.2. The molecule has 5 nitrogen and oxygen atoms in total. The number of hydrogen-bond donors (Lipinski definition) is 0. The second-order valence-electron chi connectivity index (χ2n) is 17.5. The van der Waals surface area contributed by atoms with Gasteiger partial charge in [0.2, 0.25) is 0 Å². The largest absolute Gasteiger partial charge is 0.456 e. The van der Waals surface area contributed by atoms with Crippen molar-refractivity contribution in [2.45, 2.75) is 12.0 Å². The molecule has 0 amide bonds. The molecule has 68 heavy (non-hydrogen) atoms. The third kappa shape index (κ3) is 6.92. The number of nitrogens with zero attached hydrogens (tertiary/aromatic N) is 4. The molecule has 13 rings (SSSR count). The molecule has 1 aliphatic carbocycles. The van der Waals surface area contributed by atoms with Crippen molar-refractivity contribution in [3.8, 4) is 78.7 Å². The standard InChI is InChI=1S/C63H42N4O/c1-4-14-41(15-5-1)44-26-28-47(29-27-44)50-20-12-21-51(40-50)67-54-24-11-10-22-52(54)58-55(67)38-39-57-60(58)59-53(23-13-25-56(59)68-57)63-65-61(48-34-30-45(31-35-48)42-16-6-2-7-17-42)64-62(66-63)49-36-32-46(33-37-49)43-18-8-3-9-19-43/h1-40,55,58H. The van der Waals surface area contributed by atoms with E-state index in [0.29, 0.717) is 17.5 Å².